The maximum atomic E-state index is 13.6. The third kappa shape index (κ3) is 24.1. The first-order chi connectivity index (χ1) is 60.0. The van der Waals surface area contributed by atoms with Gasteiger partial charge in [-0.1, -0.05) is 74.0 Å². The Balaban J connectivity index is 0.000000176. The topological polar surface area (TPSA) is 379 Å². The van der Waals surface area contributed by atoms with E-state index >= 15 is 0 Å². The summed E-state index contributed by atoms with van der Waals surface area (Å²) in [4.78, 5) is 50.7. The van der Waals surface area contributed by atoms with Crippen LogP contribution in [0, 0.1) is 76.8 Å². The molecule has 1 unspecified atom stereocenters. The summed E-state index contributed by atoms with van der Waals surface area (Å²) >= 11 is 0. The number of carbonyl (C=O) groups is 3. The van der Waals surface area contributed by atoms with E-state index in [1.807, 2.05) is 90.9 Å². The van der Waals surface area contributed by atoms with Crippen molar-refractivity contribution >= 4 is 91.9 Å². The number of non-ortho nitro benzene ring substituents is 1. The van der Waals surface area contributed by atoms with E-state index in [9.17, 15) is 58.2 Å². The molecule has 1 atom stereocenters. The smallest absolute Gasteiger partial charge is 0.337 e. The maximum Gasteiger partial charge on any atom is 0.337 e. The van der Waals surface area contributed by atoms with Crippen LogP contribution < -0.4 is 39.2 Å². The highest BCUT2D eigenvalue weighted by atomic mass is 32.2. The molecule has 30 nitrogen and oxygen atoms in total. The number of Topliss-reactive ketones (excluding diaryl/α,β-unsaturated/α-hetero) is 1. The number of hydrogen-bond donors (Lipinski definition) is 3. The molecule has 126 heavy (non-hydrogen) atoms. The van der Waals surface area contributed by atoms with Crippen LogP contribution in [0.5, 0.6) is 28.7 Å². The number of rotatable bonds is 30. The first-order valence-corrected chi connectivity index (χ1v) is 46.9. The minimum Gasteiger partial charge on any atom is -0.494 e. The monoisotopic (exact) mass is 1800 g/mol. The van der Waals surface area contributed by atoms with Crippen molar-refractivity contribution in [2.75, 3.05) is 99.7 Å². The Morgan fingerprint density at radius 1 is 0.627 bits per heavy atom. The standard InChI is InChI=1S/C26H34N2O5S.C24H27N3O6S.C24H23N3O3S.C18H23N3O5S/c1-17-14-18(2)20(4)26(19(17)3)34(30,31)28-12-10-27(11-13-28)21(5)23(29)8-6-22-7-9-24-25(15-22)33-16-32-24;1-17-14-19(26-33-17)16-25-22-15-21(34(29,30)27-12-4-3-5-13-27)10-11-23(22)32-20-8-6-18(7-9-20)24(28)31-2;1-17-11-12-19(3)23(13-17)31(29,30)27(22-10-5-4-7-18(22)2)16-24(28)26-21-9-6-8-20(14-21)15-25;1-4-20(5-2)27(24,25)18-13-15(21(22)23)9-12-17(18)19-14-7-10-16(11-8-14)26-6-3/h7,9,14-15,21H,6,8,10-13,16H2,1-5H3;6-11,14-15,25H,3-5,12-13,16H2,1-2H3;4-14H,16H2,1-3H3,(H,26,28);7-13,19H,4-6H2,1-3H3. The number of fused-ring (bicyclic) bond motifs is 1. The minimum atomic E-state index is -4.01. The van der Waals surface area contributed by atoms with Crippen LogP contribution in [0.25, 0.3) is 0 Å². The summed E-state index contributed by atoms with van der Waals surface area (Å²) in [6, 6.07) is 52.1. The van der Waals surface area contributed by atoms with Gasteiger partial charge in [-0.15, -0.1) is 0 Å². The molecule has 0 saturated carbocycles. The number of aromatic nitrogens is 1. The summed E-state index contributed by atoms with van der Waals surface area (Å²) < 4.78 is 144. The summed E-state index contributed by atoms with van der Waals surface area (Å²) in [5.41, 5.74) is 10.3. The van der Waals surface area contributed by atoms with Gasteiger partial charge in [0, 0.05) is 88.4 Å². The van der Waals surface area contributed by atoms with E-state index in [-0.39, 0.29) is 57.8 Å². The van der Waals surface area contributed by atoms with E-state index in [1.54, 1.807) is 160 Å². The summed E-state index contributed by atoms with van der Waals surface area (Å²) in [6.45, 7) is 26.2. The third-order valence-corrected chi connectivity index (χ3v) is 29.7. The Hall–Kier alpha value is -12.1. The van der Waals surface area contributed by atoms with Gasteiger partial charge < -0.3 is 44.2 Å². The highest BCUT2D eigenvalue weighted by Gasteiger charge is 2.36. The summed E-state index contributed by atoms with van der Waals surface area (Å²) in [6.07, 6.45) is 3.83. The molecule has 0 spiro atoms. The Labute approximate surface area is 737 Å². The zero-order valence-electron chi connectivity index (χ0n) is 72.9. The SMILES string of the molecule is CCOc1ccc(Nc2ccc([N+](=O)[O-])cc2S(=O)(=O)N(CC)CC)cc1.COC(=O)c1ccc(Oc2ccc(S(=O)(=O)N3CCCCC3)cc2NCc2cc(C)on2)cc1.Cc1cc(C)c(C)c(S(=O)(=O)N2CCN(C(C)C(=O)CCc3ccc4c(c3)OCO4)CC2)c1C.Cc1ccc(C)c(S(=O)(=O)N(CC(=O)Nc2cccc(C#N)c2)c2ccccc2C)c1. The molecule has 4 heterocycles. The van der Waals surface area contributed by atoms with Gasteiger partial charge in [0.25, 0.3) is 15.7 Å². The van der Waals surface area contributed by atoms with Crippen molar-refractivity contribution in [1.29, 1.82) is 5.26 Å². The van der Waals surface area contributed by atoms with E-state index < -0.39 is 63.4 Å². The number of nitrogens with one attached hydrogen (secondary N) is 3. The predicted octanol–water partition coefficient (Wildman–Crippen LogP) is 16.0. The van der Waals surface area contributed by atoms with Crippen molar-refractivity contribution in [2.24, 2.45) is 0 Å². The molecule has 2 saturated heterocycles. The highest BCUT2D eigenvalue weighted by molar-refractivity contribution is 7.93. The number of hydrogen-bond acceptors (Lipinski definition) is 24. The number of piperazine rings is 1. The largest absolute Gasteiger partial charge is 0.494 e. The van der Waals surface area contributed by atoms with Crippen molar-refractivity contribution in [1.82, 2.24) is 23.0 Å². The molecule has 2 fully saturated rings. The van der Waals surface area contributed by atoms with Crippen molar-refractivity contribution in [2.45, 2.75) is 147 Å². The number of piperidine rings is 1. The first kappa shape index (κ1) is 96.1. The molecule has 1 aromatic heterocycles. The minimum absolute atomic E-state index is 0.130. The Kier molecular flexibility index (Phi) is 33.0. The zero-order valence-corrected chi connectivity index (χ0v) is 76.2. The van der Waals surface area contributed by atoms with Crippen LogP contribution in [-0.2, 0) is 67.4 Å². The van der Waals surface area contributed by atoms with Gasteiger partial charge in [-0.25, -0.2) is 38.5 Å². The lowest BCUT2D eigenvalue weighted by atomic mass is 10.0. The van der Waals surface area contributed by atoms with E-state index in [0.29, 0.717) is 138 Å². The number of sulfonamides is 4. The Morgan fingerprint density at radius 3 is 1.93 bits per heavy atom. The second-order valence-corrected chi connectivity index (χ2v) is 37.8. The fourth-order valence-corrected chi connectivity index (χ4v) is 21.4. The van der Waals surface area contributed by atoms with Gasteiger partial charge in [0.1, 0.15) is 40.2 Å². The van der Waals surface area contributed by atoms with Gasteiger partial charge in [-0.05, 0) is 248 Å². The normalized spacial score (nSPS) is 13.8. The van der Waals surface area contributed by atoms with Gasteiger partial charge in [-0.3, -0.25) is 28.9 Å². The first-order valence-electron chi connectivity index (χ1n) is 41.1. The molecular weight excluding hydrogens is 1690 g/mol. The molecule has 668 valence electrons. The highest BCUT2D eigenvalue weighted by Crippen LogP contribution is 2.38. The lowest BCUT2D eigenvalue weighted by Crippen LogP contribution is -2.53. The van der Waals surface area contributed by atoms with Gasteiger partial charge in [0.2, 0.25) is 42.8 Å². The van der Waals surface area contributed by atoms with Gasteiger partial charge in [0.15, 0.2) is 17.2 Å². The van der Waals surface area contributed by atoms with Crippen molar-refractivity contribution < 1.29 is 81.2 Å². The van der Waals surface area contributed by atoms with E-state index in [1.165, 1.54) is 33.9 Å². The molecule has 9 aromatic carbocycles. The summed E-state index contributed by atoms with van der Waals surface area (Å²) in [5.74, 6) is 2.98. The molecule has 13 rings (SSSR count). The molecule has 3 aliphatic rings. The molecule has 10 aromatic rings. The van der Waals surface area contributed by atoms with Crippen LogP contribution in [0.1, 0.15) is 125 Å². The fraction of sp³-hybridized carbons (Fsp3) is 0.337. The van der Waals surface area contributed by atoms with Crippen molar-refractivity contribution in [3.05, 3.63) is 259 Å². The fourth-order valence-electron chi connectivity index (χ4n) is 14.4. The molecular formula is C92H107N11O19S4. The lowest BCUT2D eigenvalue weighted by molar-refractivity contribution is -0.385. The quantitative estimate of drug-likeness (QED) is 0.0214. The number of anilines is 5. The molecule has 3 N–H and O–H groups in total. The van der Waals surface area contributed by atoms with Crippen molar-refractivity contribution in [3.63, 3.8) is 0 Å². The molecule has 0 bridgehead atoms. The number of amides is 1. The molecule has 0 aliphatic carbocycles. The number of esters is 1. The van der Waals surface area contributed by atoms with Gasteiger partial charge in [0.05, 0.1) is 80.2 Å². The number of carbonyl (C=O) groups excluding carboxylic acids is 3. The second kappa shape index (κ2) is 43.2. The number of nitro groups is 1. The Bertz CT molecular complexity index is 6060. The third-order valence-electron chi connectivity index (χ3n) is 21.6. The average Bonchev–Trinajstić information content (AvgIpc) is 0.903. The predicted molar refractivity (Wildman–Crippen MR) is 482 cm³/mol. The van der Waals surface area contributed by atoms with Crippen LogP contribution in [0.4, 0.5) is 34.1 Å². The molecule has 1 amide bonds. The second-order valence-electron chi connectivity index (χ2n) is 30.3. The number of para-hydroxylation sites is 1. The molecule has 34 heteroatoms. The van der Waals surface area contributed by atoms with Crippen molar-refractivity contribution in [3.8, 4) is 34.8 Å². The number of nitrogens with zero attached hydrogens (tertiary/aromatic N) is 8. The zero-order chi connectivity index (χ0) is 91.4. The van der Waals surface area contributed by atoms with E-state index in [2.05, 4.69) is 26.0 Å². The number of ketones is 1. The van der Waals surface area contributed by atoms with Crippen LogP contribution in [-0.4, -0.2) is 165 Å². The van der Waals surface area contributed by atoms with Crippen LogP contribution in [0.15, 0.2) is 206 Å². The maximum absolute atomic E-state index is 13.6. The van der Waals surface area contributed by atoms with Crippen LogP contribution in [0.3, 0.4) is 0 Å². The average molecular weight is 1800 g/mol. The number of nitro benzene ring substituents is 1. The molecule has 3 aliphatic heterocycles. The summed E-state index contributed by atoms with van der Waals surface area (Å²) in [7, 11) is -13.8. The number of methoxy groups -OCH3 is 1. The van der Waals surface area contributed by atoms with Crippen LogP contribution in [0.2, 0.25) is 0 Å². The van der Waals surface area contributed by atoms with Crippen LogP contribution >= 0.6 is 0 Å². The molecule has 0 radical (unpaired) electrons. The number of ether oxygens (including phenoxy) is 5. The van der Waals surface area contributed by atoms with E-state index in [4.69, 9.17) is 33.5 Å². The van der Waals surface area contributed by atoms with E-state index in [0.717, 1.165) is 80.1 Å². The van der Waals surface area contributed by atoms with Gasteiger partial charge in [-0.2, -0.15) is 18.2 Å². The summed E-state index contributed by atoms with van der Waals surface area (Å²) in [5, 5.41) is 33.1. The number of benzene rings is 9. The number of nitriles is 1. The van der Waals surface area contributed by atoms with Gasteiger partial charge >= 0.3 is 5.97 Å². The Morgan fingerprint density at radius 2 is 1.29 bits per heavy atom. The number of aryl methyl sites for hydroxylation is 7. The lowest BCUT2D eigenvalue weighted by Gasteiger charge is -2.37.